The molecule has 3 N–H and O–H groups in total. The Morgan fingerprint density at radius 1 is 1.43 bits per heavy atom. The molecule has 2 unspecified atom stereocenters. The van der Waals surface area contributed by atoms with Gasteiger partial charge in [0.15, 0.2) is 0 Å². The Kier molecular flexibility index (Phi) is 6.76. The van der Waals surface area contributed by atoms with Crippen LogP contribution in [0, 0.1) is 5.92 Å². The molecular weight excluding hydrogens is 220 g/mol. The van der Waals surface area contributed by atoms with Crippen LogP contribution in [0.1, 0.15) is 13.8 Å². The quantitative estimate of drug-likeness (QED) is 0.669. The molecule has 0 spiro atoms. The minimum atomic E-state index is -3.21. The van der Waals surface area contributed by atoms with Crippen molar-refractivity contribution in [3.8, 4) is 0 Å². The molecule has 0 saturated carbocycles. The highest BCUT2D eigenvalue weighted by atomic mass is 32.2. The van der Waals surface area contributed by atoms with E-state index < -0.39 is 15.3 Å². The van der Waals surface area contributed by atoms with Crippen LogP contribution in [0.4, 0.5) is 0 Å². The normalized spacial score (nSPS) is 16.6. The first-order chi connectivity index (χ1) is 6.44. The van der Waals surface area contributed by atoms with Gasteiger partial charge in [-0.15, -0.1) is 0 Å². The van der Waals surface area contributed by atoms with Gasteiger partial charge < -0.3 is 5.73 Å². The molecule has 0 aromatic rings. The van der Waals surface area contributed by atoms with E-state index in [2.05, 4.69) is 4.72 Å². The Balaban J connectivity index is 4.00. The lowest BCUT2D eigenvalue weighted by atomic mass is 10.2. The number of nitrogens with one attached hydrogen (secondary N) is 1. The van der Waals surface area contributed by atoms with E-state index >= 15 is 0 Å². The van der Waals surface area contributed by atoms with Crippen LogP contribution < -0.4 is 10.5 Å². The third kappa shape index (κ3) is 5.19. The SMILES string of the molecule is CSCC(C)CNS(=O)(=O)C(C)CN. The van der Waals surface area contributed by atoms with Gasteiger partial charge in [-0.05, 0) is 24.9 Å². The Morgan fingerprint density at radius 2 is 2.00 bits per heavy atom. The molecule has 0 amide bonds. The van der Waals surface area contributed by atoms with Gasteiger partial charge in [0.1, 0.15) is 0 Å². The summed E-state index contributed by atoms with van der Waals surface area (Å²) >= 11 is 1.71. The predicted octanol–water partition coefficient (Wildman–Crippen LogP) is 0.252. The van der Waals surface area contributed by atoms with E-state index in [0.717, 1.165) is 5.75 Å². The van der Waals surface area contributed by atoms with Crippen molar-refractivity contribution in [2.75, 3.05) is 25.1 Å². The summed E-state index contributed by atoms with van der Waals surface area (Å²) in [6.07, 6.45) is 2.01. The lowest BCUT2D eigenvalue weighted by Gasteiger charge is -2.14. The zero-order valence-corrected chi connectivity index (χ0v) is 10.6. The highest BCUT2D eigenvalue weighted by Gasteiger charge is 2.18. The van der Waals surface area contributed by atoms with Crippen LogP contribution >= 0.6 is 11.8 Å². The van der Waals surface area contributed by atoms with E-state index in [-0.39, 0.29) is 6.54 Å². The molecule has 0 aliphatic carbocycles. The molecule has 0 saturated heterocycles. The monoisotopic (exact) mass is 240 g/mol. The fourth-order valence-corrected chi connectivity index (χ4v) is 2.61. The predicted molar refractivity (Wildman–Crippen MR) is 63.0 cm³/mol. The molecule has 0 aliphatic rings. The lowest BCUT2D eigenvalue weighted by Crippen LogP contribution is -2.39. The van der Waals surface area contributed by atoms with Crippen molar-refractivity contribution in [2.24, 2.45) is 11.7 Å². The highest BCUT2D eigenvalue weighted by Crippen LogP contribution is 2.04. The summed E-state index contributed by atoms with van der Waals surface area (Å²) in [6.45, 7) is 4.29. The van der Waals surface area contributed by atoms with Crippen LogP contribution in [0.15, 0.2) is 0 Å². The van der Waals surface area contributed by atoms with E-state index in [1.165, 1.54) is 0 Å². The highest BCUT2D eigenvalue weighted by molar-refractivity contribution is 7.98. The van der Waals surface area contributed by atoms with Crippen LogP contribution in [-0.2, 0) is 10.0 Å². The zero-order valence-electron chi connectivity index (χ0n) is 8.99. The summed E-state index contributed by atoms with van der Waals surface area (Å²) in [5, 5.41) is -0.510. The molecule has 0 aliphatic heterocycles. The van der Waals surface area contributed by atoms with Gasteiger partial charge >= 0.3 is 0 Å². The van der Waals surface area contributed by atoms with Gasteiger partial charge in [-0.1, -0.05) is 6.92 Å². The lowest BCUT2D eigenvalue weighted by molar-refractivity contribution is 0.552. The Morgan fingerprint density at radius 3 is 2.43 bits per heavy atom. The largest absolute Gasteiger partial charge is 0.329 e. The molecule has 0 fully saturated rings. The molecule has 0 aromatic heterocycles. The first-order valence-electron chi connectivity index (χ1n) is 4.61. The first kappa shape index (κ1) is 14.2. The third-order valence-corrected chi connectivity index (χ3v) is 4.67. The fraction of sp³-hybridized carbons (Fsp3) is 1.00. The maximum atomic E-state index is 11.5. The first-order valence-corrected chi connectivity index (χ1v) is 7.55. The number of hydrogen-bond donors (Lipinski definition) is 2. The number of sulfonamides is 1. The van der Waals surface area contributed by atoms with Crippen molar-refractivity contribution in [1.82, 2.24) is 4.72 Å². The molecule has 0 radical (unpaired) electrons. The Bertz CT molecular complexity index is 242. The van der Waals surface area contributed by atoms with E-state index in [0.29, 0.717) is 12.5 Å². The van der Waals surface area contributed by atoms with Gasteiger partial charge in [0, 0.05) is 13.1 Å². The summed E-state index contributed by atoms with van der Waals surface area (Å²) in [4.78, 5) is 0. The maximum Gasteiger partial charge on any atom is 0.215 e. The van der Waals surface area contributed by atoms with Crippen molar-refractivity contribution in [2.45, 2.75) is 19.1 Å². The van der Waals surface area contributed by atoms with Crippen molar-refractivity contribution in [1.29, 1.82) is 0 Å². The van der Waals surface area contributed by atoms with Gasteiger partial charge in [-0.3, -0.25) is 0 Å². The number of rotatable bonds is 7. The zero-order chi connectivity index (χ0) is 11.2. The summed E-state index contributed by atoms with van der Waals surface area (Å²) < 4.78 is 25.5. The van der Waals surface area contributed by atoms with E-state index in [1.54, 1.807) is 18.7 Å². The summed E-state index contributed by atoms with van der Waals surface area (Å²) in [5.41, 5.74) is 5.30. The van der Waals surface area contributed by atoms with Gasteiger partial charge in [-0.25, -0.2) is 13.1 Å². The molecule has 14 heavy (non-hydrogen) atoms. The molecule has 0 rings (SSSR count). The molecule has 4 nitrogen and oxygen atoms in total. The average Bonchev–Trinajstić information content (AvgIpc) is 2.14. The molecule has 0 aromatic carbocycles. The van der Waals surface area contributed by atoms with Crippen LogP contribution in [-0.4, -0.2) is 38.8 Å². The van der Waals surface area contributed by atoms with Gasteiger partial charge in [0.05, 0.1) is 5.25 Å². The molecular formula is C8H20N2O2S2. The van der Waals surface area contributed by atoms with Crippen molar-refractivity contribution >= 4 is 21.8 Å². The van der Waals surface area contributed by atoms with Gasteiger partial charge in [0.2, 0.25) is 10.0 Å². The standard InChI is InChI=1S/C8H20N2O2S2/c1-7(6-13-3)5-10-14(11,12)8(2)4-9/h7-8,10H,4-6,9H2,1-3H3. The van der Waals surface area contributed by atoms with Crippen LogP contribution in [0.2, 0.25) is 0 Å². The summed E-state index contributed by atoms with van der Waals surface area (Å²) in [7, 11) is -3.21. The second-order valence-electron chi connectivity index (χ2n) is 3.50. The molecule has 0 heterocycles. The molecule has 86 valence electrons. The number of nitrogens with two attached hydrogens (primary N) is 1. The van der Waals surface area contributed by atoms with Crippen LogP contribution in [0.5, 0.6) is 0 Å². The number of thioether (sulfide) groups is 1. The van der Waals surface area contributed by atoms with Gasteiger partial charge in [0.25, 0.3) is 0 Å². The second kappa shape index (κ2) is 6.66. The van der Waals surface area contributed by atoms with E-state index in [1.807, 2.05) is 13.2 Å². The summed E-state index contributed by atoms with van der Waals surface area (Å²) in [6, 6.07) is 0. The van der Waals surface area contributed by atoms with Gasteiger partial charge in [-0.2, -0.15) is 11.8 Å². The topological polar surface area (TPSA) is 72.2 Å². The average molecular weight is 240 g/mol. The van der Waals surface area contributed by atoms with Crippen molar-refractivity contribution < 1.29 is 8.42 Å². The molecule has 6 heteroatoms. The van der Waals surface area contributed by atoms with Crippen LogP contribution in [0.3, 0.4) is 0 Å². The van der Waals surface area contributed by atoms with Crippen molar-refractivity contribution in [3.05, 3.63) is 0 Å². The Hall–Kier alpha value is 0.220. The Labute approximate surface area is 91.1 Å². The van der Waals surface area contributed by atoms with E-state index in [9.17, 15) is 8.42 Å². The van der Waals surface area contributed by atoms with Crippen molar-refractivity contribution in [3.63, 3.8) is 0 Å². The van der Waals surface area contributed by atoms with E-state index in [4.69, 9.17) is 5.73 Å². The van der Waals surface area contributed by atoms with Crippen LogP contribution in [0.25, 0.3) is 0 Å². The molecule has 0 bridgehead atoms. The minimum absolute atomic E-state index is 0.159. The second-order valence-corrected chi connectivity index (χ2v) is 6.59. The summed E-state index contributed by atoms with van der Waals surface area (Å²) in [5.74, 6) is 1.31. The fourth-order valence-electron chi connectivity index (χ4n) is 0.871. The maximum absolute atomic E-state index is 11.5. The number of hydrogen-bond acceptors (Lipinski definition) is 4. The molecule has 2 atom stereocenters. The smallest absolute Gasteiger partial charge is 0.215 e. The minimum Gasteiger partial charge on any atom is -0.329 e. The third-order valence-electron chi connectivity index (χ3n) is 1.95.